The van der Waals surface area contributed by atoms with Crippen molar-refractivity contribution in [3.8, 4) is 0 Å². The van der Waals surface area contributed by atoms with Crippen LogP contribution in [0.25, 0.3) is 0 Å². The molecule has 1 aromatic carbocycles. The molecule has 3 aliphatic rings. The van der Waals surface area contributed by atoms with Crippen molar-refractivity contribution in [2.45, 2.75) is 37.1 Å². The Hall–Kier alpha value is -1.27. The number of nitrogens with one attached hydrogen (secondary N) is 1. The van der Waals surface area contributed by atoms with E-state index in [9.17, 15) is 13.2 Å². The Morgan fingerprint density at radius 1 is 1.05 bits per heavy atom. The van der Waals surface area contributed by atoms with Gasteiger partial charge < -0.3 is 10.2 Å². The van der Waals surface area contributed by atoms with Gasteiger partial charge in [0.1, 0.15) is 0 Å². The molecule has 3 nitrogen and oxygen atoms in total. The summed E-state index contributed by atoms with van der Waals surface area (Å²) in [5.41, 5.74) is 0.354. The van der Waals surface area contributed by atoms with Crippen LogP contribution >= 0.6 is 0 Å². The van der Waals surface area contributed by atoms with Crippen LogP contribution in [0, 0.1) is 0 Å². The third kappa shape index (κ3) is 2.29. The fraction of sp³-hybridized carbons (Fsp3) is 0.625. The molecule has 1 saturated carbocycles. The van der Waals surface area contributed by atoms with Gasteiger partial charge in [0.15, 0.2) is 0 Å². The molecule has 0 bridgehead atoms. The van der Waals surface area contributed by atoms with E-state index in [1.807, 2.05) is 0 Å². The number of rotatable bonds is 1. The van der Waals surface area contributed by atoms with E-state index in [2.05, 4.69) is 15.1 Å². The zero-order valence-corrected chi connectivity index (χ0v) is 12.3. The molecule has 2 aliphatic heterocycles. The van der Waals surface area contributed by atoms with E-state index in [1.165, 1.54) is 18.6 Å². The Kier molecular flexibility index (Phi) is 3.34. The van der Waals surface area contributed by atoms with Crippen LogP contribution in [-0.2, 0) is 6.18 Å². The Morgan fingerprint density at radius 3 is 2.41 bits per heavy atom. The monoisotopic (exact) mass is 311 g/mol. The molecule has 1 aromatic rings. The van der Waals surface area contributed by atoms with Gasteiger partial charge in [-0.25, -0.2) is 0 Å². The molecule has 0 amide bonds. The molecule has 2 heterocycles. The number of fused-ring (bicyclic) bond motifs is 3. The molecule has 3 atom stereocenters. The lowest BCUT2D eigenvalue weighted by atomic mass is 9.79. The summed E-state index contributed by atoms with van der Waals surface area (Å²) in [4.78, 5) is 4.92. The van der Waals surface area contributed by atoms with E-state index in [-0.39, 0.29) is 0 Å². The van der Waals surface area contributed by atoms with E-state index in [0.717, 1.165) is 38.3 Å². The molecule has 1 N–H and O–H groups in total. The highest BCUT2D eigenvalue weighted by Crippen LogP contribution is 2.39. The highest BCUT2D eigenvalue weighted by molar-refractivity contribution is 5.51. The molecular weight excluding hydrogens is 291 g/mol. The molecule has 0 radical (unpaired) electrons. The van der Waals surface area contributed by atoms with Crippen molar-refractivity contribution in [1.29, 1.82) is 0 Å². The summed E-state index contributed by atoms with van der Waals surface area (Å²) in [6, 6.07) is 7.17. The van der Waals surface area contributed by atoms with Gasteiger partial charge in [-0.1, -0.05) is 0 Å². The standard InChI is InChI=1S/C16H20F3N3/c17-16(18,19)11-1-3-12(4-2-11)22-10-13-9-20-7-8-21(13)14-5-6-15(14)22/h1-4,13-15,20H,5-10H2. The second-order valence-electron chi connectivity index (χ2n) is 6.50. The second kappa shape index (κ2) is 5.13. The number of hydrogen-bond acceptors (Lipinski definition) is 3. The Labute approximate surface area is 128 Å². The van der Waals surface area contributed by atoms with E-state index >= 15 is 0 Å². The summed E-state index contributed by atoms with van der Waals surface area (Å²) < 4.78 is 38.1. The fourth-order valence-electron chi connectivity index (χ4n) is 4.10. The molecule has 0 spiro atoms. The number of alkyl halides is 3. The molecule has 4 rings (SSSR count). The van der Waals surface area contributed by atoms with Crippen molar-refractivity contribution in [2.75, 3.05) is 31.1 Å². The number of hydrogen-bond donors (Lipinski definition) is 1. The van der Waals surface area contributed by atoms with Gasteiger partial charge in [0.05, 0.1) is 5.56 Å². The molecular formula is C16H20F3N3. The number of anilines is 1. The van der Waals surface area contributed by atoms with Gasteiger partial charge in [-0.05, 0) is 37.1 Å². The Balaban J connectivity index is 1.57. The van der Waals surface area contributed by atoms with Crippen molar-refractivity contribution in [1.82, 2.24) is 10.2 Å². The predicted octanol–water partition coefficient (Wildman–Crippen LogP) is 2.33. The van der Waals surface area contributed by atoms with Crippen molar-refractivity contribution in [3.05, 3.63) is 29.8 Å². The van der Waals surface area contributed by atoms with Crippen LogP contribution in [0.2, 0.25) is 0 Å². The van der Waals surface area contributed by atoms with Gasteiger partial charge >= 0.3 is 6.18 Å². The lowest BCUT2D eigenvalue weighted by Gasteiger charge is -2.59. The first-order valence-corrected chi connectivity index (χ1v) is 7.94. The average Bonchev–Trinajstić information content (AvgIpc) is 2.46. The summed E-state index contributed by atoms with van der Waals surface area (Å²) in [5, 5.41) is 3.43. The molecule has 120 valence electrons. The fourth-order valence-corrected chi connectivity index (χ4v) is 4.10. The van der Waals surface area contributed by atoms with E-state index in [4.69, 9.17) is 0 Å². The summed E-state index contributed by atoms with van der Waals surface area (Å²) in [6.07, 6.45) is -1.91. The first-order valence-electron chi connectivity index (χ1n) is 7.94. The summed E-state index contributed by atoms with van der Waals surface area (Å²) >= 11 is 0. The molecule has 3 unspecified atom stereocenters. The van der Waals surface area contributed by atoms with Crippen molar-refractivity contribution >= 4 is 5.69 Å². The van der Waals surface area contributed by atoms with E-state index in [0.29, 0.717) is 18.1 Å². The van der Waals surface area contributed by atoms with Crippen molar-refractivity contribution < 1.29 is 13.2 Å². The van der Waals surface area contributed by atoms with Crippen LogP contribution in [0.1, 0.15) is 18.4 Å². The van der Waals surface area contributed by atoms with Gasteiger partial charge in [-0.3, -0.25) is 4.90 Å². The SMILES string of the molecule is FC(F)(F)c1ccc(N2CC3CNCCN3C3CCC32)cc1. The average molecular weight is 311 g/mol. The zero-order chi connectivity index (χ0) is 15.3. The molecule has 2 saturated heterocycles. The summed E-state index contributed by atoms with van der Waals surface area (Å²) in [7, 11) is 0. The number of piperazine rings is 2. The van der Waals surface area contributed by atoms with E-state index in [1.54, 1.807) is 12.1 Å². The smallest absolute Gasteiger partial charge is 0.365 e. The van der Waals surface area contributed by atoms with Crippen LogP contribution < -0.4 is 10.2 Å². The number of benzene rings is 1. The minimum absolute atomic E-state index is 0.464. The first-order chi connectivity index (χ1) is 10.5. The lowest BCUT2D eigenvalue weighted by Crippen LogP contribution is -2.72. The highest BCUT2D eigenvalue weighted by Gasteiger charge is 2.47. The minimum Gasteiger partial charge on any atom is -0.365 e. The minimum atomic E-state index is -4.26. The molecule has 6 heteroatoms. The maximum atomic E-state index is 12.7. The van der Waals surface area contributed by atoms with Crippen LogP contribution in [-0.4, -0.2) is 49.2 Å². The zero-order valence-electron chi connectivity index (χ0n) is 12.3. The molecule has 3 fully saturated rings. The number of nitrogens with zero attached hydrogens (tertiary/aromatic N) is 2. The van der Waals surface area contributed by atoms with Crippen molar-refractivity contribution in [2.24, 2.45) is 0 Å². The Bertz CT molecular complexity index is 541. The van der Waals surface area contributed by atoms with Crippen LogP contribution in [0.3, 0.4) is 0 Å². The van der Waals surface area contributed by atoms with E-state index < -0.39 is 11.7 Å². The topological polar surface area (TPSA) is 18.5 Å². The normalized spacial score (nSPS) is 32.1. The first kappa shape index (κ1) is 14.3. The van der Waals surface area contributed by atoms with Gasteiger partial charge in [-0.15, -0.1) is 0 Å². The lowest BCUT2D eigenvalue weighted by molar-refractivity contribution is -0.137. The summed E-state index contributed by atoms with van der Waals surface area (Å²) in [6.45, 7) is 4.01. The van der Waals surface area contributed by atoms with Gasteiger partial charge in [0, 0.05) is 50.0 Å². The highest BCUT2D eigenvalue weighted by atomic mass is 19.4. The largest absolute Gasteiger partial charge is 0.416 e. The Morgan fingerprint density at radius 2 is 1.77 bits per heavy atom. The maximum Gasteiger partial charge on any atom is 0.416 e. The number of halogens is 3. The van der Waals surface area contributed by atoms with Crippen LogP contribution in [0.5, 0.6) is 0 Å². The predicted molar refractivity (Wildman–Crippen MR) is 79.0 cm³/mol. The van der Waals surface area contributed by atoms with Crippen LogP contribution in [0.15, 0.2) is 24.3 Å². The van der Waals surface area contributed by atoms with Crippen LogP contribution in [0.4, 0.5) is 18.9 Å². The second-order valence-corrected chi connectivity index (χ2v) is 6.50. The maximum absolute atomic E-state index is 12.7. The molecule has 22 heavy (non-hydrogen) atoms. The third-order valence-corrected chi connectivity index (χ3v) is 5.36. The molecule has 1 aliphatic carbocycles. The van der Waals surface area contributed by atoms with Crippen molar-refractivity contribution in [3.63, 3.8) is 0 Å². The van der Waals surface area contributed by atoms with Gasteiger partial charge in [0.2, 0.25) is 0 Å². The quantitative estimate of drug-likeness (QED) is 0.859. The van der Waals surface area contributed by atoms with Gasteiger partial charge in [0.25, 0.3) is 0 Å². The third-order valence-electron chi connectivity index (χ3n) is 5.36. The summed E-state index contributed by atoms with van der Waals surface area (Å²) in [5.74, 6) is 0. The van der Waals surface area contributed by atoms with Gasteiger partial charge in [-0.2, -0.15) is 13.2 Å². The molecule has 0 aromatic heterocycles.